The predicted octanol–water partition coefficient (Wildman–Crippen LogP) is 3.49. The molecule has 2 rings (SSSR count). The van der Waals surface area contributed by atoms with Gasteiger partial charge in [-0.25, -0.2) is 4.79 Å². The van der Waals surface area contributed by atoms with E-state index in [-0.39, 0.29) is 16.8 Å². The van der Waals surface area contributed by atoms with Gasteiger partial charge in [0.1, 0.15) is 0 Å². The van der Waals surface area contributed by atoms with E-state index in [4.69, 9.17) is 12.2 Å². The first kappa shape index (κ1) is 20.8. The molecule has 0 aliphatic rings. The van der Waals surface area contributed by atoms with Crippen LogP contribution in [0.25, 0.3) is 0 Å². The van der Waals surface area contributed by atoms with E-state index < -0.39 is 6.09 Å². The van der Waals surface area contributed by atoms with Crippen LogP contribution in [0.3, 0.4) is 0 Å². The first-order chi connectivity index (χ1) is 13.4. The number of hydrogen-bond donors (Lipinski definition) is 3. The Kier molecular flexibility index (Phi) is 7.41. The molecule has 0 aliphatic carbocycles. The molecule has 7 nitrogen and oxygen atoms in total. The van der Waals surface area contributed by atoms with E-state index in [0.29, 0.717) is 22.5 Å². The van der Waals surface area contributed by atoms with Gasteiger partial charge in [-0.05, 0) is 43.4 Å². The van der Waals surface area contributed by atoms with Gasteiger partial charge in [-0.15, -0.1) is 0 Å². The number of anilines is 2. The Morgan fingerprint density at radius 2 is 1.68 bits per heavy atom. The molecule has 8 heteroatoms. The second kappa shape index (κ2) is 9.98. The fourth-order valence-electron chi connectivity index (χ4n) is 2.28. The van der Waals surface area contributed by atoms with Crippen molar-refractivity contribution >= 4 is 46.5 Å². The fourth-order valence-corrected chi connectivity index (χ4v) is 2.47. The number of amides is 2. The second-order valence-electron chi connectivity index (χ2n) is 5.52. The topological polar surface area (TPSA) is 96.5 Å². The summed E-state index contributed by atoms with van der Waals surface area (Å²) >= 11 is 5.07. The van der Waals surface area contributed by atoms with Crippen molar-refractivity contribution in [1.29, 1.82) is 0 Å². The summed E-state index contributed by atoms with van der Waals surface area (Å²) in [5.74, 6) is -0.540. The average molecular weight is 397 g/mol. The highest BCUT2D eigenvalue weighted by molar-refractivity contribution is 7.80. The average Bonchev–Trinajstić information content (AvgIpc) is 2.69. The van der Waals surface area contributed by atoms with E-state index in [9.17, 15) is 14.4 Å². The molecule has 0 bridgehead atoms. The van der Waals surface area contributed by atoms with Gasteiger partial charge >= 0.3 is 6.09 Å². The summed E-state index contributed by atoms with van der Waals surface area (Å²) in [4.78, 5) is 35.9. The van der Waals surface area contributed by atoms with Gasteiger partial charge in [0, 0.05) is 11.1 Å². The van der Waals surface area contributed by atoms with Gasteiger partial charge in [0.15, 0.2) is 10.9 Å². The molecule has 0 atom stereocenters. The highest BCUT2D eigenvalue weighted by Gasteiger charge is 2.14. The van der Waals surface area contributed by atoms with E-state index in [1.807, 2.05) is 6.07 Å². The third kappa shape index (κ3) is 5.75. The zero-order valence-corrected chi connectivity index (χ0v) is 16.1. The molecule has 0 aliphatic heterocycles. The van der Waals surface area contributed by atoms with Crippen LogP contribution in [0.15, 0.2) is 60.7 Å². The Balaban J connectivity index is 2.35. The molecule has 28 heavy (non-hydrogen) atoms. The number of ketones is 1. The summed E-state index contributed by atoms with van der Waals surface area (Å²) in [5, 5.41) is 7.75. The SMILES string of the molecule is C/C=C/C(=O)Nc1ccc(C(=O)c2ccccc2)cc1NC(=S)NC(=O)OC. The third-order valence-corrected chi connectivity index (χ3v) is 3.75. The minimum atomic E-state index is -0.742. The van der Waals surface area contributed by atoms with Crippen LogP contribution >= 0.6 is 12.2 Å². The first-order valence-electron chi connectivity index (χ1n) is 8.28. The number of allylic oxidation sites excluding steroid dienone is 1. The van der Waals surface area contributed by atoms with Crippen molar-refractivity contribution in [3.05, 3.63) is 71.8 Å². The summed E-state index contributed by atoms with van der Waals surface area (Å²) in [6.07, 6.45) is 2.21. The lowest BCUT2D eigenvalue weighted by atomic mass is 10.0. The third-order valence-electron chi connectivity index (χ3n) is 3.54. The molecule has 0 saturated carbocycles. The molecule has 0 heterocycles. The zero-order valence-electron chi connectivity index (χ0n) is 15.3. The van der Waals surface area contributed by atoms with Crippen molar-refractivity contribution in [2.75, 3.05) is 17.7 Å². The maximum atomic E-state index is 12.7. The summed E-state index contributed by atoms with van der Waals surface area (Å²) < 4.78 is 4.49. The normalized spacial score (nSPS) is 10.2. The van der Waals surface area contributed by atoms with Crippen molar-refractivity contribution in [2.24, 2.45) is 0 Å². The molecule has 0 radical (unpaired) electrons. The molecule has 0 saturated heterocycles. The van der Waals surface area contributed by atoms with Crippen LogP contribution in [0.2, 0.25) is 0 Å². The minimum absolute atomic E-state index is 0.0438. The molecule has 0 fully saturated rings. The zero-order chi connectivity index (χ0) is 20.5. The monoisotopic (exact) mass is 397 g/mol. The first-order valence-corrected chi connectivity index (χ1v) is 8.69. The molecule has 144 valence electrons. The van der Waals surface area contributed by atoms with Gasteiger partial charge in [-0.1, -0.05) is 36.4 Å². The summed E-state index contributed by atoms with van der Waals surface area (Å²) in [6, 6.07) is 13.5. The van der Waals surface area contributed by atoms with Crippen LogP contribution in [0, 0.1) is 0 Å². The molecule has 2 aromatic rings. The van der Waals surface area contributed by atoms with E-state index in [1.54, 1.807) is 55.5 Å². The highest BCUT2D eigenvalue weighted by atomic mass is 32.1. The summed E-state index contributed by atoms with van der Waals surface area (Å²) in [7, 11) is 1.21. The number of nitrogens with one attached hydrogen (secondary N) is 3. The lowest BCUT2D eigenvalue weighted by Crippen LogP contribution is -2.34. The number of rotatable bonds is 5. The summed E-state index contributed by atoms with van der Waals surface area (Å²) in [6.45, 7) is 1.72. The number of carbonyl (C=O) groups excluding carboxylic acids is 3. The standard InChI is InChI=1S/C20H19N3O4S/c1-3-7-17(24)21-15-11-10-14(18(25)13-8-5-4-6-9-13)12-16(15)22-19(28)23-20(26)27-2/h3-12H,1-2H3,(H,21,24)(H2,22,23,26,28)/b7-3+. The molecular formula is C20H19N3O4S. The highest BCUT2D eigenvalue weighted by Crippen LogP contribution is 2.25. The number of hydrogen-bond acceptors (Lipinski definition) is 5. The van der Waals surface area contributed by atoms with Crippen molar-refractivity contribution < 1.29 is 19.1 Å². The Morgan fingerprint density at radius 1 is 0.964 bits per heavy atom. The minimum Gasteiger partial charge on any atom is -0.453 e. The van der Waals surface area contributed by atoms with Gasteiger partial charge in [0.05, 0.1) is 18.5 Å². The van der Waals surface area contributed by atoms with Crippen molar-refractivity contribution in [1.82, 2.24) is 5.32 Å². The molecular weight excluding hydrogens is 378 g/mol. The number of thiocarbonyl (C=S) groups is 1. The number of alkyl carbamates (subject to hydrolysis) is 1. The van der Waals surface area contributed by atoms with Crippen LogP contribution < -0.4 is 16.0 Å². The van der Waals surface area contributed by atoms with Crippen molar-refractivity contribution in [3.63, 3.8) is 0 Å². The fraction of sp³-hybridized carbons (Fsp3) is 0.100. The Morgan fingerprint density at radius 3 is 2.32 bits per heavy atom. The Hall–Kier alpha value is -3.52. The predicted molar refractivity (Wildman–Crippen MR) is 112 cm³/mol. The van der Waals surface area contributed by atoms with Crippen LogP contribution in [0.4, 0.5) is 16.2 Å². The summed E-state index contributed by atoms with van der Waals surface area (Å²) in [5.41, 5.74) is 1.65. The van der Waals surface area contributed by atoms with Crippen LogP contribution in [-0.2, 0) is 9.53 Å². The lowest BCUT2D eigenvalue weighted by Gasteiger charge is -2.15. The van der Waals surface area contributed by atoms with Crippen molar-refractivity contribution in [3.8, 4) is 0 Å². The molecule has 0 spiro atoms. The maximum absolute atomic E-state index is 12.7. The van der Waals surface area contributed by atoms with Gasteiger partial charge < -0.3 is 15.4 Å². The van der Waals surface area contributed by atoms with Gasteiger partial charge in [-0.3, -0.25) is 14.9 Å². The Bertz CT molecular complexity index is 926. The Labute approximate surface area is 167 Å². The maximum Gasteiger partial charge on any atom is 0.413 e. The van der Waals surface area contributed by atoms with Crippen LogP contribution in [0.1, 0.15) is 22.8 Å². The number of carbonyl (C=O) groups is 3. The van der Waals surface area contributed by atoms with Crippen LogP contribution in [0.5, 0.6) is 0 Å². The van der Waals surface area contributed by atoms with Crippen LogP contribution in [-0.4, -0.2) is 30.0 Å². The quantitative estimate of drug-likeness (QED) is 0.406. The van der Waals surface area contributed by atoms with Gasteiger partial charge in [0.25, 0.3) is 0 Å². The lowest BCUT2D eigenvalue weighted by molar-refractivity contribution is -0.111. The van der Waals surface area contributed by atoms with Gasteiger partial charge in [0.2, 0.25) is 5.91 Å². The van der Waals surface area contributed by atoms with E-state index in [0.717, 1.165) is 0 Å². The molecule has 0 aromatic heterocycles. The smallest absolute Gasteiger partial charge is 0.413 e. The second-order valence-corrected chi connectivity index (χ2v) is 5.92. The largest absolute Gasteiger partial charge is 0.453 e. The number of benzene rings is 2. The van der Waals surface area contributed by atoms with E-state index >= 15 is 0 Å². The molecule has 0 unspecified atom stereocenters. The molecule has 2 aromatic carbocycles. The van der Waals surface area contributed by atoms with Crippen molar-refractivity contribution in [2.45, 2.75) is 6.92 Å². The molecule has 2 amide bonds. The van der Waals surface area contributed by atoms with E-state index in [1.165, 1.54) is 13.2 Å². The van der Waals surface area contributed by atoms with Gasteiger partial charge in [-0.2, -0.15) is 0 Å². The number of ether oxygens (including phenoxy) is 1. The molecule has 3 N–H and O–H groups in total. The number of methoxy groups -OCH3 is 1. The van der Waals surface area contributed by atoms with E-state index in [2.05, 4.69) is 20.7 Å².